The van der Waals surface area contributed by atoms with Crippen molar-refractivity contribution in [3.8, 4) is 5.75 Å². The van der Waals surface area contributed by atoms with Crippen molar-refractivity contribution in [1.82, 2.24) is 0 Å². The Morgan fingerprint density at radius 2 is 2.29 bits per heavy atom. The molecule has 90 valence electrons. The summed E-state index contributed by atoms with van der Waals surface area (Å²) in [5, 5.41) is 13.2. The van der Waals surface area contributed by atoms with Gasteiger partial charge in [-0.05, 0) is 36.6 Å². The number of hydrogen-bond acceptors (Lipinski definition) is 4. The van der Waals surface area contributed by atoms with Gasteiger partial charge in [0, 0.05) is 4.91 Å². The number of hydrogen-bond donors (Lipinski definition) is 1. The van der Waals surface area contributed by atoms with Gasteiger partial charge in [-0.3, -0.25) is 0 Å². The lowest BCUT2D eigenvalue weighted by Gasteiger charge is -2.09. The smallest absolute Gasteiger partial charge is 0.341 e. The van der Waals surface area contributed by atoms with Gasteiger partial charge in [-0.15, -0.1) is 0 Å². The van der Waals surface area contributed by atoms with Gasteiger partial charge in [-0.25, -0.2) is 4.79 Å². The van der Waals surface area contributed by atoms with Crippen molar-refractivity contribution in [2.75, 3.05) is 6.61 Å². The van der Waals surface area contributed by atoms with Gasteiger partial charge in [0.2, 0.25) is 0 Å². The molecule has 0 aliphatic heterocycles. The number of phenolic OH excluding ortho intramolecular Hbond substituents is 1. The first-order valence-electron chi connectivity index (χ1n) is 5.11. The number of aromatic hydroxyl groups is 1. The number of esters is 1. The monoisotopic (exact) mass is 235 g/mol. The molecule has 0 fully saturated rings. The number of rotatable bonds is 4. The first kappa shape index (κ1) is 12.9. The van der Waals surface area contributed by atoms with E-state index in [1.54, 1.807) is 19.9 Å². The predicted octanol–water partition coefficient (Wildman–Crippen LogP) is 2.69. The Balaban J connectivity index is 3.09. The van der Waals surface area contributed by atoms with Gasteiger partial charge in [0.25, 0.3) is 0 Å². The van der Waals surface area contributed by atoms with Crippen molar-refractivity contribution < 1.29 is 14.6 Å². The molecule has 0 aromatic heterocycles. The maximum Gasteiger partial charge on any atom is 0.341 e. The van der Waals surface area contributed by atoms with Crippen molar-refractivity contribution in [3.05, 3.63) is 39.3 Å². The van der Waals surface area contributed by atoms with Crippen molar-refractivity contribution >= 4 is 5.97 Å². The molecule has 0 spiro atoms. The summed E-state index contributed by atoms with van der Waals surface area (Å²) in [5.74, 6) is -0.697. The molecule has 0 saturated heterocycles. The molecule has 0 unspecified atom stereocenters. The number of benzene rings is 1. The summed E-state index contributed by atoms with van der Waals surface area (Å²) in [6.45, 7) is 3.73. The van der Waals surface area contributed by atoms with E-state index in [9.17, 15) is 9.90 Å². The Hall–Kier alpha value is -2.20. The van der Waals surface area contributed by atoms with E-state index in [0.29, 0.717) is 11.1 Å². The summed E-state index contributed by atoms with van der Waals surface area (Å²) in [6, 6.07) is 3.10. The highest BCUT2D eigenvalue weighted by Gasteiger charge is 2.15. The van der Waals surface area contributed by atoms with Gasteiger partial charge in [-0.2, -0.15) is 0 Å². The number of phenols is 1. The molecule has 17 heavy (non-hydrogen) atoms. The SMILES string of the molecule is CCOC(=O)c1ccc(CN=[N+]=[N-])c(C)c1O. The highest BCUT2D eigenvalue weighted by molar-refractivity contribution is 5.93. The summed E-state index contributed by atoms with van der Waals surface area (Å²) in [5.41, 5.74) is 9.53. The Labute approximate surface area is 98.5 Å². The zero-order valence-electron chi connectivity index (χ0n) is 9.67. The molecule has 0 aliphatic carbocycles. The third kappa shape index (κ3) is 2.89. The maximum atomic E-state index is 11.5. The summed E-state index contributed by atoms with van der Waals surface area (Å²) >= 11 is 0. The fourth-order valence-electron chi connectivity index (χ4n) is 1.39. The summed E-state index contributed by atoms with van der Waals surface area (Å²) in [6.07, 6.45) is 0. The largest absolute Gasteiger partial charge is 0.507 e. The van der Waals surface area contributed by atoms with Crippen LogP contribution >= 0.6 is 0 Å². The lowest BCUT2D eigenvalue weighted by molar-refractivity contribution is 0.0523. The second kappa shape index (κ2) is 5.77. The first-order valence-corrected chi connectivity index (χ1v) is 5.11. The highest BCUT2D eigenvalue weighted by Crippen LogP contribution is 2.26. The van der Waals surface area contributed by atoms with Crippen LogP contribution in [-0.4, -0.2) is 17.7 Å². The predicted molar refractivity (Wildman–Crippen MR) is 61.7 cm³/mol. The second-order valence-corrected chi connectivity index (χ2v) is 3.36. The highest BCUT2D eigenvalue weighted by atomic mass is 16.5. The van der Waals surface area contributed by atoms with Crippen LogP contribution in [0.15, 0.2) is 17.2 Å². The second-order valence-electron chi connectivity index (χ2n) is 3.36. The zero-order chi connectivity index (χ0) is 12.8. The number of azide groups is 1. The van der Waals surface area contributed by atoms with Crippen LogP contribution in [0.2, 0.25) is 0 Å². The normalized spacial score (nSPS) is 9.53. The molecule has 0 saturated carbocycles. The fraction of sp³-hybridized carbons (Fsp3) is 0.364. The molecule has 0 heterocycles. The Morgan fingerprint density at radius 1 is 1.59 bits per heavy atom. The quantitative estimate of drug-likeness (QED) is 0.376. The van der Waals surface area contributed by atoms with Crippen molar-refractivity contribution in [2.45, 2.75) is 20.4 Å². The molecule has 1 N–H and O–H groups in total. The minimum atomic E-state index is -0.566. The molecule has 0 radical (unpaired) electrons. The van der Waals surface area contributed by atoms with Crippen LogP contribution in [0, 0.1) is 6.92 Å². The standard InChI is InChI=1S/C11H13N3O3/c1-3-17-11(16)9-5-4-8(6-13-14-12)7(2)10(9)15/h4-5,15H,3,6H2,1-2H3. The molecule has 1 aromatic carbocycles. The summed E-state index contributed by atoms with van der Waals surface area (Å²) in [4.78, 5) is 14.1. The zero-order valence-corrected chi connectivity index (χ0v) is 9.67. The van der Waals surface area contributed by atoms with E-state index in [-0.39, 0.29) is 24.5 Å². The third-order valence-corrected chi connectivity index (χ3v) is 2.34. The van der Waals surface area contributed by atoms with Crippen LogP contribution in [0.3, 0.4) is 0 Å². The van der Waals surface area contributed by atoms with Gasteiger partial charge in [0.1, 0.15) is 11.3 Å². The molecule has 0 aliphatic rings. The lowest BCUT2D eigenvalue weighted by Crippen LogP contribution is -2.06. The van der Waals surface area contributed by atoms with E-state index < -0.39 is 5.97 Å². The van der Waals surface area contributed by atoms with Gasteiger partial charge in [0.05, 0.1) is 13.2 Å². The van der Waals surface area contributed by atoms with Crippen molar-refractivity contribution in [1.29, 1.82) is 0 Å². The Kier molecular flexibility index (Phi) is 4.37. The van der Waals surface area contributed by atoms with E-state index in [4.69, 9.17) is 10.3 Å². The molecule has 0 amide bonds. The van der Waals surface area contributed by atoms with Crippen molar-refractivity contribution in [2.24, 2.45) is 5.11 Å². The van der Waals surface area contributed by atoms with E-state index in [1.165, 1.54) is 6.07 Å². The van der Waals surface area contributed by atoms with Gasteiger partial charge < -0.3 is 9.84 Å². The Bertz CT molecular complexity index is 479. The topological polar surface area (TPSA) is 95.3 Å². The number of carbonyl (C=O) groups is 1. The van der Waals surface area contributed by atoms with Gasteiger partial charge >= 0.3 is 5.97 Å². The molecule has 6 heteroatoms. The molecule has 0 atom stereocenters. The van der Waals surface area contributed by atoms with Gasteiger partial charge in [-0.1, -0.05) is 11.2 Å². The molecule has 1 rings (SSSR count). The van der Waals surface area contributed by atoms with E-state index in [2.05, 4.69) is 10.0 Å². The Morgan fingerprint density at radius 3 is 2.88 bits per heavy atom. The van der Waals surface area contributed by atoms with Crippen LogP contribution in [0.4, 0.5) is 0 Å². The van der Waals surface area contributed by atoms with E-state index in [1.807, 2.05) is 0 Å². The molecular weight excluding hydrogens is 222 g/mol. The summed E-state index contributed by atoms with van der Waals surface area (Å²) < 4.78 is 4.80. The fourth-order valence-corrected chi connectivity index (χ4v) is 1.39. The average molecular weight is 235 g/mol. The van der Waals surface area contributed by atoms with Gasteiger partial charge in [0.15, 0.2) is 0 Å². The lowest BCUT2D eigenvalue weighted by atomic mass is 10.0. The third-order valence-electron chi connectivity index (χ3n) is 2.34. The van der Waals surface area contributed by atoms with Crippen LogP contribution in [0.5, 0.6) is 5.75 Å². The molecular formula is C11H13N3O3. The van der Waals surface area contributed by atoms with Crippen LogP contribution in [-0.2, 0) is 11.3 Å². The summed E-state index contributed by atoms with van der Waals surface area (Å²) in [7, 11) is 0. The molecule has 0 bridgehead atoms. The van der Waals surface area contributed by atoms with Crippen LogP contribution < -0.4 is 0 Å². The van der Waals surface area contributed by atoms with Crippen LogP contribution in [0.25, 0.3) is 10.4 Å². The van der Waals surface area contributed by atoms with Crippen LogP contribution in [0.1, 0.15) is 28.4 Å². The number of ether oxygens (including phenoxy) is 1. The molecule has 1 aromatic rings. The number of carbonyl (C=O) groups excluding carboxylic acids is 1. The first-order chi connectivity index (χ1) is 8.11. The minimum Gasteiger partial charge on any atom is -0.507 e. The number of nitrogens with zero attached hydrogens (tertiary/aromatic N) is 3. The minimum absolute atomic E-state index is 0.119. The average Bonchev–Trinajstić information content (AvgIpc) is 2.31. The molecule has 6 nitrogen and oxygen atoms in total. The van der Waals surface area contributed by atoms with E-state index >= 15 is 0 Å². The van der Waals surface area contributed by atoms with E-state index in [0.717, 1.165) is 0 Å². The maximum absolute atomic E-state index is 11.5. The van der Waals surface area contributed by atoms with Crippen molar-refractivity contribution in [3.63, 3.8) is 0 Å².